The lowest BCUT2D eigenvalue weighted by Crippen LogP contribution is -2.23. The Morgan fingerprint density at radius 2 is 1.72 bits per heavy atom. The van der Waals surface area contributed by atoms with E-state index in [0.29, 0.717) is 25.4 Å². The molecule has 0 fully saturated rings. The van der Waals surface area contributed by atoms with Gasteiger partial charge in [0.05, 0.1) is 9.52 Å². The van der Waals surface area contributed by atoms with Gasteiger partial charge in [-0.3, -0.25) is 0 Å². The van der Waals surface area contributed by atoms with E-state index in [1.807, 2.05) is 30.3 Å². The second-order valence-corrected chi connectivity index (χ2v) is 6.60. The van der Waals surface area contributed by atoms with E-state index in [0.717, 1.165) is 5.56 Å². The molecule has 0 bridgehead atoms. The van der Waals surface area contributed by atoms with Crippen LogP contribution in [0.1, 0.15) is 11.1 Å². The molecule has 0 aliphatic heterocycles. The summed E-state index contributed by atoms with van der Waals surface area (Å²) in [6.07, 6.45) is 0. The molecule has 0 saturated carbocycles. The summed E-state index contributed by atoms with van der Waals surface area (Å²) < 4.78 is 0. The summed E-state index contributed by atoms with van der Waals surface area (Å²) in [6.45, 7) is 0. The van der Waals surface area contributed by atoms with Crippen LogP contribution < -0.4 is 5.19 Å². The molecule has 0 amide bonds. The van der Waals surface area contributed by atoms with Crippen LogP contribution in [-0.4, -0.2) is 15.4 Å². The molecule has 2 aromatic rings. The minimum Gasteiger partial charge on any atom is -0.126 e. The fourth-order valence-electron chi connectivity index (χ4n) is 1.72. The van der Waals surface area contributed by atoms with Gasteiger partial charge in [-0.25, -0.2) is 0 Å². The zero-order valence-electron chi connectivity index (χ0n) is 9.54. The van der Waals surface area contributed by atoms with E-state index in [1.54, 1.807) is 6.07 Å². The smallest absolute Gasteiger partial charge is 0.0904 e. The van der Waals surface area contributed by atoms with Crippen molar-refractivity contribution in [1.82, 2.24) is 0 Å². The van der Waals surface area contributed by atoms with Gasteiger partial charge in [0.15, 0.2) is 0 Å². The molecule has 0 aliphatic carbocycles. The summed E-state index contributed by atoms with van der Waals surface area (Å²) in [5, 5.41) is 2.63. The number of benzene rings is 2. The predicted molar refractivity (Wildman–Crippen MR) is 81.8 cm³/mol. The highest BCUT2D eigenvalue weighted by Crippen LogP contribution is 2.27. The molecule has 2 radical (unpaired) electrons. The highest BCUT2D eigenvalue weighted by atomic mass is 35.5. The summed E-state index contributed by atoms with van der Waals surface area (Å²) in [5.74, 6) is 0.550. The number of halogens is 3. The fourth-order valence-corrected chi connectivity index (χ4v) is 4.02. The predicted octanol–water partition coefficient (Wildman–Crippen LogP) is 4.30. The third kappa shape index (κ3) is 3.52. The Morgan fingerprint density at radius 1 is 1.00 bits per heavy atom. The van der Waals surface area contributed by atoms with Crippen LogP contribution >= 0.6 is 34.8 Å². The number of hydrogen-bond donors (Lipinski definition) is 0. The zero-order valence-corrected chi connectivity index (χ0v) is 12.8. The van der Waals surface area contributed by atoms with Gasteiger partial charge in [0, 0.05) is 15.9 Å². The molecule has 0 heterocycles. The van der Waals surface area contributed by atoms with Crippen LogP contribution in [0, 0.1) is 0 Å². The van der Waals surface area contributed by atoms with Gasteiger partial charge in [-0.2, -0.15) is 0 Å². The lowest BCUT2D eigenvalue weighted by molar-refractivity contribution is 1.08. The van der Waals surface area contributed by atoms with Crippen LogP contribution in [0.5, 0.6) is 0 Å². The summed E-state index contributed by atoms with van der Waals surface area (Å²) in [6, 6.07) is 15.9. The molecule has 0 nitrogen and oxygen atoms in total. The Balaban J connectivity index is 2.23. The molecular formula is C14H11Cl3Si. The van der Waals surface area contributed by atoms with Crippen molar-refractivity contribution >= 4 is 49.5 Å². The first-order valence-corrected chi connectivity index (χ1v) is 7.90. The Bertz CT molecular complexity index is 514. The molecule has 1 atom stereocenters. The maximum Gasteiger partial charge on any atom is 0.0904 e. The van der Waals surface area contributed by atoms with Gasteiger partial charge in [-0.1, -0.05) is 64.8 Å². The van der Waals surface area contributed by atoms with Crippen molar-refractivity contribution in [2.24, 2.45) is 0 Å². The summed E-state index contributed by atoms with van der Waals surface area (Å²) in [4.78, 5) is 0. The molecule has 4 heteroatoms. The fraction of sp³-hybridized carbons (Fsp3) is 0.143. The highest BCUT2D eigenvalue weighted by Gasteiger charge is 2.15. The largest absolute Gasteiger partial charge is 0.126 e. The van der Waals surface area contributed by atoms with Crippen molar-refractivity contribution < 1.29 is 0 Å². The van der Waals surface area contributed by atoms with Crippen molar-refractivity contribution in [3.05, 3.63) is 64.1 Å². The van der Waals surface area contributed by atoms with Crippen LogP contribution in [0.4, 0.5) is 0 Å². The summed E-state index contributed by atoms with van der Waals surface area (Å²) >= 11 is 18.2. The van der Waals surface area contributed by atoms with Crippen LogP contribution in [0.2, 0.25) is 10.0 Å². The number of alkyl halides is 1. The van der Waals surface area contributed by atoms with Gasteiger partial charge in [-0.05, 0) is 23.2 Å². The molecule has 1 unspecified atom stereocenters. The third-order valence-corrected chi connectivity index (χ3v) is 5.27. The molecule has 0 N–H and O–H groups in total. The Labute approximate surface area is 125 Å². The van der Waals surface area contributed by atoms with E-state index in [2.05, 4.69) is 12.1 Å². The average Bonchev–Trinajstić information content (AvgIpc) is 2.38. The Hall–Kier alpha value is -0.473. The lowest BCUT2D eigenvalue weighted by atomic mass is 10.1. The Morgan fingerprint density at radius 3 is 2.33 bits per heavy atom. The molecule has 0 spiro atoms. The molecule has 0 saturated heterocycles. The van der Waals surface area contributed by atoms with Gasteiger partial charge < -0.3 is 0 Å². The summed E-state index contributed by atoms with van der Waals surface area (Å²) in [7, 11) is 0.607. The SMILES string of the molecule is ClCC([Si]c1ccccc1)c1ccc(Cl)cc1Cl. The summed E-state index contributed by atoms with van der Waals surface area (Å²) in [5.41, 5.74) is 1.30. The Kier molecular flexibility index (Phi) is 5.13. The van der Waals surface area contributed by atoms with E-state index in [-0.39, 0.29) is 5.54 Å². The number of hydrogen-bond acceptors (Lipinski definition) is 0. The quantitative estimate of drug-likeness (QED) is 0.583. The maximum absolute atomic E-state index is 6.23. The molecule has 2 aromatic carbocycles. The van der Waals surface area contributed by atoms with E-state index in [1.165, 1.54) is 5.19 Å². The first-order chi connectivity index (χ1) is 8.70. The van der Waals surface area contributed by atoms with E-state index >= 15 is 0 Å². The van der Waals surface area contributed by atoms with Crippen molar-refractivity contribution in [2.45, 2.75) is 5.54 Å². The molecular weight excluding hydrogens is 303 g/mol. The average molecular weight is 314 g/mol. The van der Waals surface area contributed by atoms with Crippen LogP contribution in [0.3, 0.4) is 0 Å². The van der Waals surface area contributed by atoms with Gasteiger partial charge in [0.1, 0.15) is 0 Å². The van der Waals surface area contributed by atoms with Crippen molar-refractivity contribution in [1.29, 1.82) is 0 Å². The highest BCUT2D eigenvalue weighted by molar-refractivity contribution is 6.56. The first kappa shape index (κ1) is 13.9. The second-order valence-electron chi connectivity index (χ2n) is 3.88. The van der Waals surface area contributed by atoms with Crippen molar-refractivity contribution in [3.63, 3.8) is 0 Å². The van der Waals surface area contributed by atoms with Gasteiger partial charge in [-0.15, -0.1) is 11.6 Å². The van der Waals surface area contributed by atoms with E-state index in [4.69, 9.17) is 34.8 Å². The molecule has 18 heavy (non-hydrogen) atoms. The van der Waals surface area contributed by atoms with Crippen molar-refractivity contribution in [2.75, 3.05) is 5.88 Å². The third-order valence-electron chi connectivity index (χ3n) is 2.61. The van der Waals surface area contributed by atoms with Crippen LogP contribution in [0.25, 0.3) is 0 Å². The van der Waals surface area contributed by atoms with Gasteiger partial charge in [0.2, 0.25) is 0 Å². The monoisotopic (exact) mass is 312 g/mol. The minimum atomic E-state index is 0.235. The molecule has 0 aromatic heterocycles. The van der Waals surface area contributed by atoms with Gasteiger partial charge in [0.25, 0.3) is 0 Å². The van der Waals surface area contributed by atoms with Gasteiger partial charge >= 0.3 is 0 Å². The maximum atomic E-state index is 6.23. The molecule has 2 rings (SSSR count). The topological polar surface area (TPSA) is 0 Å². The van der Waals surface area contributed by atoms with Crippen molar-refractivity contribution in [3.8, 4) is 0 Å². The van der Waals surface area contributed by atoms with Crippen LogP contribution in [0.15, 0.2) is 48.5 Å². The molecule has 0 aliphatic rings. The minimum absolute atomic E-state index is 0.235. The molecule has 92 valence electrons. The zero-order chi connectivity index (χ0) is 13.0. The normalized spacial score (nSPS) is 12.4. The first-order valence-electron chi connectivity index (χ1n) is 5.53. The second kappa shape index (κ2) is 6.62. The standard InChI is InChI=1S/C14H11Cl3Si/c15-9-14(18-11-4-2-1-3-5-11)12-7-6-10(16)8-13(12)17/h1-8,14H,9H2. The van der Waals surface area contributed by atoms with Crippen LogP contribution in [-0.2, 0) is 0 Å². The lowest BCUT2D eigenvalue weighted by Gasteiger charge is -2.15. The number of rotatable bonds is 4. The van der Waals surface area contributed by atoms with E-state index < -0.39 is 0 Å². The van der Waals surface area contributed by atoms with E-state index in [9.17, 15) is 0 Å².